The topological polar surface area (TPSA) is 95.1 Å². The zero-order valence-electron chi connectivity index (χ0n) is 17.0. The van der Waals surface area contributed by atoms with Crippen molar-refractivity contribution < 1.29 is 18.4 Å². The minimum atomic E-state index is -0.544. The number of rotatable bonds is 7. The van der Waals surface area contributed by atoms with Crippen LogP contribution in [-0.4, -0.2) is 25.8 Å². The minimum Gasteiger partial charge on any atom is -0.486 e. The van der Waals surface area contributed by atoms with Crippen LogP contribution in [0, 0.1) is 19.7 Å². The Morgan fingerprint density at radius 2 is 2.03 bits per heavy atom. The van der Waals surface area contributed by atoms with E-state index in [2.05, 4.69) is 26.6 Å². The highest BCUT2D eigenvalue weighted by molar-refractivity contribution is 6.02. The fourth-order valence-electron chi connectivity index (χ4n) is 3.04. The lowest BCUT2D eigenvalue weighted by atomic mass is 10.1. The second-order valence-electron chi connectivity index (χ2n) is 6.99. The molecule has 1 N–H and O–H groups in total. The van der Waals surface area contributed by atoms with E-state index in [9.17, 15) is 9.18 Å². The van der Waals surface area contributed by atoms with Crippen molar-refractivity contribution in [3.8, 4) is 5.75 Å². The molecule has 0 saturated heterocycles. The van der Waals surface area contributed by atoms with E-state index in [4.69, 9.17) is 9.26 Å². The summed E-state index contributed by atoms with van der Waals surface area (Å²) in [5.74, 6) is -0.423. The molecule has 2 aromatic carbocycles. The third kappa shape index (κ3) is 4.77. The van der Waals surface area contributed by atoms with Gasteiger partial charge in [0.25, 0.3) is 5.91 Å². The summed E-state index contributed by atoms with van der Waals surface area (Å²) in [5.41, 5.74) is 2.67. The van der Waals surface area contributed by atoms with Crippen LogP contribution in [0.3, 0.4) is 0 Å². The quantitative estimate of drug-likeness (QED) is 0.486. The van der Waals surface area contributed by atoms with Crippen LogP contribution in [0.15, 0.2) is 59.4 Å². The van der Waals surface area contributed by atoms with Gasteiger partial charge in [0.2, 0.25) is 5.95 Å². The summed E-state index contributed by atoms with van der Waals surface area (Å²) in [7, 11) is 0. The van der Waals surface area contributed by atoms with Gasteiger partial charge in [-0.1, -0.05) is 47.1 Å². The standard InChI is InChI=1S/C22H20FN5O3/c1-14-6-5-7-16(10-14)11-28-13-24-22(26-28)25-21(29)20-17(15(2)31-27-20)12-30-19-9-4-3-8-18(19)23/h3-10,13H,11-12H2,1-2H3,(H,25,26,29). The van der Waals surface area contributed by atoms with E-state index in [0.717, 1.165) is 11.1 Å². The fourth-order valence-corrected chi connectivity index (χ4v) is 3.04. The number of para-hydroxylation sites is 1. The second-order valence-corrected chi connectivity index (χ2v) is 6.99. The monoisotopic (exact) mass is 421 g/mol. The maximum Gasteiger partial charge on any atom is 0.280 e. The van der Waals surface area contributed by atoms with Crippen molar-refractivity contribution in [3.63, 3.8) is 0 Å². The van der Waals surface area contributed by atoms with Gasteiger partial charge < -0.3 is 9.26 Å². The Morgan fingerprint density at radius 1 is 1.19 bits per heavy atom. The van der Waals surface area contributed by atoms with E-state index in [1.165, 1.54) is 18.5 Å². The molecule has 4 aromatic rings. The molecule has 0 aliphatic heterocycles. The molecule has 0 unspecified atom stereocenters. The lowest BCUT2D eigenvalue weighted by Crippen LogP contribution is -2.16. The predicted octanol–water partition coefficient (Wildman–Crippen LogP) is 3.90. The molecule has 31 heavy (non-hydrogen) atoms. The van der Waals surface area contributed by atoms with Crippen molar-refractivity contribution in [2.24, 2.45) is 0 Å². The van der Waals surface area contributed by atoms with E-state index in [1.54, 1.807) is 23.7 Å². The van der Waals surface area contributed by atoms with Crippen LogP contribution in [0.5, 0.6) is 5.75 Å². The maximum absolute atomic E-state index is 13.8. The molecule has 1 amide bonds. The third-order valence-corrected chi connectivity index (χ3v) is 4.60. The zero-order valence-corrected chi connectivity index (χ0v) is 17.0. The van der Waals surface area contributed by atoms with Crippen LogP contribution in [0.4, 0.5) is 10.3 Å². The Balaban J connectivity index is 1.43. The number of nitrogens with one attached hydrogen (secondary N) is 1. The fraction of sp³-hybridized carbons (Fsp3) is 0.182. The summed E-state index contributed by atoms with van der Waals surface area (Å²) in [6.45, 7) is 4.12. The first-order valence-corrected chi connectivity index (χ1v) is 9.58. The molecule has 0 bridgehead atoms. The number of aryl methyl sites for hydroxylation is 2. The van der Waals surface area contributed by atoms with Crippen molar-refractivity contribution in [1.82, 2.24) is 19.9 Å². The van der Waals surface area contributed by atoms with Crippen LogP contribution >= 0.6 is 0 Å². The maximum atomic E-state index is 13.8. The smallest absolute Gasteiger partial charge is 0.280 e. The molecule has 158 valence electrons. The van der Waals surface area contributed by atoms with Crippen molar-refractivity contribution in [1.29, 1.82) is 0 Å². The van der Waals surface area contributed by atoms with Crippen LogP contribution in [0.25, 0.3) is 0 Å². The van der Waals surface area contributed by atoms with Gasteiger partial charge in [0, 0.05) is 0 Å². The highest BCUT2D eigenvalue weighted by Crippen LogP contribution is 2.21. The molecule has 0 atom stereocenters. The first-order valence-electron chi connectivity index (χ1n) is 9.58. The van der Waals surface area contributed by atoms with Gasteiger partial charge in [-0.05, 0) is 31.5 Å². The number of ether oxygens (including phenoxy) is 1. The summed E-state index contributed by atoms with van der Waals surface area (Å²) in [6.07, 6.45) is 1.54. The summed E-state index contributed by atoms with van der Waals surface area (Å²) in [6, 6.07) is 14.1. The van der Waals surface area contributed by atoms with Crippen LogP contribution < -0.4 is 10.1 Å². The van der Waals surface area contributed by atoms with Gasteiger partial charge in [-0.3, -0.25) is 10.1 Å². The van der Waals surface area contributed by atoms with Crippen LogP contribution in [0.2, 0.25) is 0 Å². The second kappa shape index (κ2) is 8.78. The molecule has 0 radical (unpaired) electrons. The summed E-state index contributed by atoms with van der Waals surface area (Å²) in [5, 5.41) is 10.7. The molecular weight excluding hydrogens is 401 g/mol. The minimum absolute atomic E-state index is 0.0314. The number of nitrogens with zero attached hydrogens (tertiary/aromatic N) is 4. The number of hydrogen-bond donors (Lipinski definition) is 1. The predicted molar refractivity (Wildman–Crippen MR) is 110 cm³/mol. The molecule has 0 aliphatic carbocycles. The molecule has 0 spiro atoms. The number of carbonyl (C=O) groups excluding carboxylic acids is 1. The lowest BCUT2D eigenvalue weighted by Gasteiger charge is -2.07. The van der Waals surface area contributed by atoms with E-state index in [0.29, 0.717) is 17.9 Å². The summed E-state index contributed by atoms with van der Waals surface area (Å²) in [4.78, 5) is 16.8. The first-order chi connectivity index (χ1) is 15.0. The van der Waals surface area contributed by atoms with Gasteiger partial charge in [-0.25, -0.2) is 14.1 Å². The summed E-state index contributed by atoms with van der Waals surface area (Å²) >= 11 is 0. The van der Waals surface area contributed by atoms with Crippen LogP contribution in [0.1, 0.15) is 32.9 Å². The van der Waals surface area contributed by atoms with Gasteiger partial charge in [0.05, 0.1) is 12.1 Å². The Bertz CT molecular complexity index is 1220. The molecule has 0 aliphatic rings. The average Bonchev–Trinajstić information content (AvgIpc) is 3.33. The van der Waals surface area contributed by atoms with Gasteiger partial charge in [0.15, 0.2) is 17.3 Å². The number of carbonyl (C=O) groups is 1. The highest BCUT2D eigenvalue weighted by Gasteiger charge is 2.22. The highest BCUT2D eigenvalue weighted by atomic mass is 19.1. The molecule has 0 saturated carbocycles. The number of anilines is 1. The van der Waals surface area contributed by atoms with Crippen molar-refractivity contribution in [3.05, 3.63) is 88.8 Å². The van der Waals surface area contributed by atoms with Crippen molar-refractivity contribution in [2.45, 2.75) is 27.0 Å². The van der Waals surface area contributed by atoms with Gasteiger partial charge in [-0.2, -0.15) is 0 Å². The van der Waals surface area contributed by atoms with Crippen molar-refractivity contribution >= 4 is 11.9 Å². The Hall–Kier alpha value is -4.01. The van der Waals surface area contributed by atoms with Crippen molar-refractivity contribution in [2.75, 3.05) is 5.32 Å². The molecule has 2 aromatic heterocycles. The SMILES string of the molecule is Cc1cccc(Cn2cnc(NC(=O)c3noc(C)c3COc3ccccc3F)n2)c1. The van der Waals surface area contributed by atoms with Gasteiger partial charge in [-0.15, -0.1) is 5.10 Å². The number of halogens is 1. The number of amides is 1. The number of hydrogen-bond acceptors (Lipinski definition) is 6. The molecule has 0 fully saturated rings. The van der Waals surface area contributed by atoms with E-state index < -0.39 is 11.7 Å². The average molecular weight is 421 g/mol. The largest absolute Gasteiger partial charge is 0.486 e. The molecule has 4 rings (SSSR count). The number of benzene rings is 2. The molecule has 2 heterocycles. The number of aromatic nitrogens is 4. The summed E-state index contributed by atoms with van der Waals surface area (Å²) < 4.78 is 26.0. The van der Waals surface area contributed by atoms with Crippen LogP contribution in [-0.2, 0) is 13.2 Å². The third-order valence-electron chi connectivity index (χ3n) is 4.60. The normalized spacial score (nSPS) is 10.8. The lowest BCUT2D eigenvalue weighted by molar-refractivity contribution is 0.101. The van der Waals surface area contributed by atoms with E-state index in [1.807, 2.05) is 25.1 Å². The molecule has 8 nitrogen and oxygen atoms in total. The Labute approximate surface area is 177 Å². The Kier molecular flexibility index (Phi) is 5.74. The van der Waals surface area contributed by atoms with Gasteiger partial charge in [0.1, 0.15) is 18.7 Å². The van der Waals surface area contributed by atoms with E-state index >= 15 is 0 Å². The van der Waals surface area contributed by atoms with Gasteiger partial charge >= 0.3 is 0 Å². The Morgan fingerprint density at radius 3 is 2.84 bits per heavy atom. The molecule has 9 heteroatoms. The molecular formula is C22H20FN5O3. The van der Waals surface area contributed by atoms with E-state index in [-0.39, 0.29) is 24.0 Å². The first kappa shape index (κ1) is 20.3. The zero-order chi connectivity index (χ0) is 21.8.